The van der Waals surface area contributed by atoms with Gasteiger partial charge in [-0.2, -0.15) is 0 Å². The molecule has 4 aromatic rings. The van der Waals surface area contributed by atoms with E-state index in [4.69, 9.17) is 16.3 Å². The van der Waals surface area contributed by atoms with E-state index >= 15 is 0 Å². The van der Waals surface area contributed by atoms with Crippen LogP contribution in [0.2, 0.25) is 5.02 Å². The molecule has 0 spiro atoms. The minimum atomic E-state index is -0.230. The van der Waals surface area contributed by atoms with Gasteiger partial charge in [0.2, 0.25) is 0 Å². The standard InChI is InChI=1S/C26H26ClN5O3/c1-32-13-16(7-8-17(32)14-33)31-26-23-21(12-28-25(23)29-15-30-26)24(34)20-10-9-19(11-22(20)27)35-18-5-3-2-4-6-18/h2-6,9-12,15-17,33H,7-8,13-14H2,1H3,(H2,28,29,30,31). The van der Waals surface area contributed by atoms with Crippen molar-refractivity contribution in [1.82, 2.24) is 19.9 Å². The normalized spacial score (nSPS) is 18.5. The zero-order valence-corrected chi connectivity index (χ0v) is 20.0. The van der Waals surface area contributed by atoms with Gasteiger partial charge in [-0.05, 0) is 44.2 Å². The minimum absolute atomic E-state index is 0.136. The topological polar surface area (TPSA) is 103 Å². The van der Waals surface area contributed by atoms with Gasteiger partial charge in [0.25, 0.3) is 0 Å². The van der Waals surface area contributed by atoms with Crippen LogP contribution in [-0.2, 0) is 0 Å². The Kier molecular flexibility index (Phi) is 6.68. The Morgan fingerprint density at radius 3 is 2.74 bits per heavy atom. The van der Waals surface area contributed by atoms with Gasteiger partial charge in [0, 0.05) is 36.5 Å². The highest BCUT2D eigenvalue weighted by Crippen LogP contribution is 2.32. The second kappa shape index (κ2) is 10.0. The lowest BCUT2D eigenvalue weighted by Crippen LogP contribution is -2.47. The Hall–Kier alpha value is -3.46. The Labute approximate surface area is 207 Å². The van der Waals surface area contributed by atoms with Crippen LogP contribution in [0.1, 0.15) is 28.8 Å². The molecular weight excluding hydrogens is 466 g/mol. The fraction of sp³-hybridized carbons (Fsp3) is 0.269. The number of nitrogens with one attached hydrogen (secondary N) is 2. The molecule has 1 aliphatic rings. The van der Waals surface area contributed by atoms with Crippen LogP contribution in [0.3, 0.4) is 0 Å². The summed E-state index contributed by atoms with van der Waals surface area (Å²) in [5, 5.41) is 13.9. The lowest BCUT2D eigenvalue weighted by atomic mass is 9.99. The fourth-order valence-electron chi connectivity index (χ4n) is 4.51. The molecule has 3 heterocycles. The van der Waals surface area contributed by atoms with E-state index in [-0.39, 0.29) is 24.5 Å². The number of fused-ring (bicyclic) bond motifs is 1. The molecule has 1 saturated heterocycles. The molecule has 2 unspecified atom stereocenters. The van der Waals surface area contributed by atoms with Crippen molar-refractivity contribution in [1.29, 1.82) is 0 Å². The third kappa shape index (κ3) is 4.86. The number of carbonyl (C=O) groups is 1. The first-order valence-corrected chi connectivity index (χ1v) is 11.9. The number of para-hydroxylation sites is 1. The summed E-state index contributed by atoms with van der Waals surface area (Å²) in [5.41, 5.74) is 1.38. The number of ether oxygens (including phenoxy) is 1. The number of anilines is 1. The van der Waals surface area contributed by atoms with Crippen molar-refractivity contribution >= 4 is 34.2 Å². The number of carbonyl (C=O) groups excluding carboxylic acids is 1. The van der Waals surface area contributed by atoms with Crippen molar-refractivity contribution in [3.05, 3.63) is 77.2 Å². The molecule has 2 aromatic heterocycles. The van der Waals surface area contributed by atoms with Crippen LogP contribution >= 0.6 is 11.6 Å². The highest BCUT2D eigenvalue weighted by Gasteiger charge is 2.27. The summed E-state index contributed by atoms with van der Waals surface area (Å²) in [6, 6.07) is 14.7. The average Bonchev–Trinajstić information content (AvgIpc) is 3.30. The Bertz CT molecular complexity index is 1340. The molecule has 0 radical (unpaired) electrons. The van der Waals surface area contributed by atoms with E-state index < -0.39 is 0 Å². The summed E-state index contributed by atoms with van der Waals surface area (Å²) >= 11 is 6.51. The van der Waals surface area contributed by atoms with E-state index in [0.29, 0.717) is 44.5 Å². The number of H-pyrrole nitrogens is 1. The monoisotopic (exact) mass is 491 g/mol. The van der Waals surface area contributed by atoms with Crippen LogP contribution in [0.5, 0.6) is 11.5 Å². The molecule has 1 aliphatic heterocycles. The number of halogens is 1. The number of hydrogen-bond donors (Lipinski definition) is 3. The number of aliphatic hydroxyl groups is 1. The van der Waals surface area contributed by atoms with Crippen molar-refractivity contribution in [2.45, 2.75) is 24.9 Å². The lowest BCUT2D eigenvalue weighted by Gasteiger charge is -2.36. The first-order chi connectivity index (χ1) is 17.0. The van der Waals surface area contributed by atoms with Crippen LogP contribution in [-0.4, -0.2) is 63.0 Å². The fourth-order valence-corrected chi connectivity index (χ4v) is 4.76. The predicted molar refractivity (Wildman–Crippen MR) is 135 cm³/mol. The first kappa shape index (κ1) is 23.3. The number of aromatic amines is 1. The zero-order chi connectivity index (χ0) is 24.4. The minimum Gasteiger partial charge on any atom is -0.457 e. The van der Waals surface area contributed by atoms with Gasteiger partial charge >= 0.3 is 0 Å². The van der Waals surface area contributed by atoms with Crippen molar-refractivity contribution in [3.8, 4) is 11.5 Å². The quantitative estimate of drug-likeness (QED) is 0.327. The first-order valence-electron chi connectivity index (χ1n) is 11.5. The van der Waals surface area contributed by atoms with Crippen LogP contribution in [0.15, 0.2) is 61.1 Å². The van der Waals surface area contributed by atoms with Gasteiger partial charge in [0.05, 0.1) is 22.6 Å². The Morgan fingerprint density at radius 2 is 2.00 bits per heavy atom. The summed E-state index contributed by atoms with van der Waals surface area (Å²) in [4.78, 5) is 27.5. The van der Waals surface area contributed by atoms with E-state index in [1.807, 2.05) is 37.4 Å². The third-order valence-corrected chi connectivity index (χ3v) is 6.72. The number of likely N-dealkylation sites (tertiary alicyclic amines) is 1. The number of aliphatic hydroxyl groups excluding tert-OH is 1. The van der Waals surface area contributed by atoms with Crippen molar-refractivity contribution in [2.24, 2.45) is 0 Å². The summed E-state index contributed by atoms with van der Waals surface area (Å²) in [7, 11) is 2.00. The maximum atomic E-state index is 13.5. The molecule has 5 rings (SSSR count). The van der Waals surface area contributed by atoms with Gasteiger partial charge in [0.1, 0.15) is 29.3 Å². The predicted octanol–water partition coefficient (Wildman–Crippen LogP) is 4.50. The highest BCUT2D eigenvalue weighted by molar-refractivity contribution is 6.35. The Morgan fingerprint density at radius 1 is 1.17 bits per heavy atom. The third-order valence-electron chi connectivity index (χ3n) is 6.41. The number of aromatic nitrogens is 3. The highest BCUT2D eigenvalue weighted by atomic mass is 35.5. The number of benzene rings is 2. The molecule has 0 bridgehead atoms. The van der Waals surface area contributed by atoms with Gasteiger partial charge in [-0.1, -0.05) is 29.8 Å². The van der Waals surface area contributed by atoms with Gasteiger partial charge in [-0.25, -0.2) is 9.97 Å². The molecule has 8 nitrogen and oxygen atoms in total. The van der Waals surface area contributed by atoms with Gasteiger partial charge in [-0.15, -0.1) is 0 Å². The molecular formula is C26H26ClN5O3. The van der Waals surface area contributed by atoms with Gasteiger partial charge < -0.3 is 20.1 Å². The number of ketones is 1. The maximum absolute atomic E-state index is 13.5. The van der Waals surface area contributed by atoms with E-state index in [2.05, 4.69) is 25.2 Å². The number of rotatable bonds is 7. The molecule has 35 heavy (non-hydrogen) atoms. The smallest absolute Gasteiger partial charge is 0.196 e. The average molecular weight is 492 g/mol. The number of nitrogens with zero attached hydrogens (tertiary/aromatic N) is 3. The maximum Gasteiger partial charge on any atom is 0.196 e. The van der Waals surface area contributed by atoms with E-state index in [0.717, 1.165) is 19.4 Å². The molecule has 9 heteroatoms. The molecule has 180 valence electrons. The zero-order valence-electron chi connectivity index (χ0n) is 19.2. The molecule has 0 aliphatic carbocycles. The van der Waals surface area contributed by atoms with Crippen molar-refractivity contribution in [3.63, 3.8) is 0 Å². The summed E-state index contributed by atoms with van der Waals surface area (Å²) in [6.45, 7) is 0.909. The molecule has 2 atom stereocenters. The number of piperidine rings is 1. The van der Waals surface area contributed by atoms with Crippen LogP contribution in [0.4, 0.5) is 5.82 Å². The molecule has 3 N–H and O–H groups in total. The molecule has 1 fully saturated rings. The lowest BCUT2D eigenvalue weighted by molar-refractivity contribution is 0.104. The van der Waals surface area contributed by atoms with Gasteiger partial charge in [0.15, 0.2) is 5.78 Å². The second-order valence-electron chi connectivity index (χ2n) is 8.73. The largest absolute Gasteiger partial charge is 0.457 e. The number of hydrogen-bond acceptors (Lipinski definition) is 7. The Balaban J connectivity index is 1.41. The van der Waals surface area contributed by atoms with E-state index in [1.165, 1.54) is 6.33 Å². The summed E-state index contributed by atoms with van der Waals surface area (Å²) in [6.07, 6.45) is 4.89. The van der Waals surface area contributed by atoms with E-state index in [9.17, 15) is 9.90 Å². The van der Waals surface area contributed by atoms with Crippen LogP contribution in [0, 0.1) is 0 Å². The molecule has 0 saturated carbocycles. The van der Waals surface area contributed by atoms with Crippen LogP contribution < -0.4 is 10.1 Å². The molecule has 2 aromatic carbocycles. The van der Waals surface area contributed by atoms with Crippen molar-refractivity contribution < 1.29 is 14.6 Å². The van der Waals surface area contributed by atoms with E-state index in [1.54, 1.807) is 24.4 Å². The van der Waals surface area contributed by atoms with Crippen LogP contribution in [0.25, 0.3) is 11.0 Å². The van der Waals surface area contributed by atoms with Gasteiger partial charge in [-0.3, -0.25) is 9.69 Å². The van der Waals surface area contributed by atoms with Crippen molar-refractivity contribution in [2.75, 3.05) is 25.5 Å². The summed E-state index contributed by atoms with van der Waals surface area (Å²) in [5.74, 6) is 1.60. The second-order valence-corrected chi connectivity index (χ2v) is 9.14. The SMILES string of the molecule is CN1CC(Nc2ncnc3[nH]cc(C(=O)c4ccc(Oc5ccccc5)cc4Cl)c23)CCC1CO. The number of likely N-dealkylation sites (N-methyl/N-ethyl adjacent to an activating group) is 1. The molecule has 0 amide bonds. The summed E-state index contributed by atoms with van der Waals surface area (Å²) < 4.78 is 5.83.